The van der Waals surface area contributed by atoms with E-state index in [1.807, 2.05) is 0 Å². The van der Waals surface area contributed by atoms with Crippen molar-refractivity contribution in [2.24, 2.45) is 0 Å². The first kappa shape index (κ1) is 17.8. The third-order valence-corrected chi connectivity index (χ3v) is 5.95. The Balaban J connectivity index is 2.47. The van der Waals surface area contributed by atoms with E-state index in [0.29, 0.717) is 22.8 Å². The summed E-state index contributed by atoms with van der Waals surface area (Å²) < 4.78 is 26.7. The Bertz CT molecular complexity index is 821. The predicted molar refractivity (Wildman–Crippen MR) is 89.3 cm³/mol. The van der Waals surface area contributed by atoms with Crippen LogP contribution in [-0.4, -0.2) is 38.1 Å². The number of thiazole rings is 1. The highest BCUT2D eigenvalue weighted by Gasteiger charge is 2.19. The molecule has 0 fully saturated rings. The maximum Gasteiger partial charge on any atom is 0.242 e. The normalized spacial score (nSPS) is 11.4. The van der Waals surface area contributed by atoms with Crippen LogP contribution in [0, 0.1) is 6.92 Å². The summed E-state index contributed by atoms with van der Waals surface area (Å²) in [5.74, 6) is 0. The Morgan fingerprint density at radius 3 is 2.83 bits per heavy atom. The minimum absolute atomic E-state index is 0.0765. The maximum absolute atomic E-state index is 12.2. The van der Waals surface area contributed by atoms with Crippen LogP contribution in [0.1, 0.15) is 5.69 Å². The van der Waals surface area contributed by atoms with Crippen LogP contribution in [0.25, 0.3) is 10.4 Å². The minimum atomic E-state index is -3.83. The van der Waals surface area contributed by atoms with Crippen molar-refractivity contribution in [1.82, 2.24) is 9.71 Å². The third-order valence-electron chi connectivity index (χ3n) is 2.87. The number of aryl methyl sites for hydroxylation is 1. The number of benzene rings is 1. The van der Waals surface area contributed by atoms with Crippen LogP contribution in [0.5, 0.6) is 0 Å². The summed E-state index contributed by atoms with van der Waals surface area (Å²) in [5.41, 5.74) is 1.28. The Labute approximate surface area is 142 Å². The summed E-state index contributed by atoms with van der Waals surface area (Å²) in [4.78, 5) is 15.3. The SMILES string of the molecule is Cc1nc(NC=O)sc1-c1ccc(Cl)c(S(=O)(=O)NCCO)c1. The Kier molecular flexibility index (Phi) is 5.71. The summed E-state index contributed by atoms with van der Waals surface area (Å²) in [6.45, 7) is 1.34. The minimum Gasteiger partial charge on any atom is -0.395 e. The number of nitrogens with zero attached hydrogens (tertiary/aromatic N) is 1. The van der Waals surface area contributed by atoms with E-state index in [1.54, 1.807) is 13.0 Å². The van der Waals surface area contributed by atoms with Gasteiger partial charge in [0.25, 0.3) is 0 Å². The molecular weight excluding hydrogens is 362 g/mol. The molecule has 0 radical (unpaired) electrons. The number of carbonyl (C=O) groups is 1. The average Bonchev–Trinajstić information content (AvgIpc) is 2.86. The fraction of sp³-hybridized carbons (Fsp3) is 0.231. The van der Waals surface area contributed by atoms with Crippen molar-refractivity contribution in [2.45, 2.75) is 11.8 Å². The molecular formula is C13H14ClN3O4S2. The van der Waals surface area contributed by atoms with Gasteiger partial charge in [-0.2, -0.15) is 0 Å². The van der Waals surface area contributed by atoms with Crippen molar-refractivity contribution >= 4 is 44.5 Å². The molecule has 0 aliphatic heterocycles. The molecule has 0 atom stereocenters. The van der Waals surface area contributed by atoms with Crippen molar-refractivity contribution < 1.29 is 18.3 Å². The molecule has 0 unspecified atom stereocenters. The maximum atomic E-state index is 12.2. The van der Waals surface area contributed by atoms with Gasteiger partial charge in [-0.15, -0.1) is 0 Å². The predicted octanol–water partition coefficient (Wildman–Crippen LogP) is 1.61. The number of amides is 1. The first-order valence-electron chi connectivity index (χ1n) is 6.47. The van der Waals surface area contributed by atoms with E-state index in [0.717, 1.165) is 4.88 Å². The lowest BCUT2D eigenvalue weighted by molar-refractivity contribution is -0.105. The van der Waals surface area contributed by atoms with Gasteiger partial charge >= 0.3 is 0 Å². The highest BCUT2D eigenvalue weighted by atomic mass is 35.5. The number of hydrogen-bond donors (Lipinski definition) is 3. The zero-order valence-corrected chi connectivity index (χ0v) is 14.4. The zero-order valence-electron chi connectivity index (χ0n) is 12.0. The second kappa shape index (κ2) is 7.37. The van der Waals surface area contributed by atoms with E-state index in [1.165, 1.54) is 23.5 Å². The number of rotatable bonds is 7. The lowest BCUT2D eigenvalue weighted by Crippen LogP contribution is -2.26. The molecule has 0 spiro atoms. The zero-order chi connectivity index (χ0) is 17.0. The smallest absolute Gasteiger partial charge is 0.242 e. The Morgan fingerprint density at radius 1 is 1.43 bits per heavy atom. The topological polar surface area (TPSA) is 108 Å². The molecule has 124 valence electrons. The van der Waals surface area contributed by atoms with E-state index in [2.05, 4.69) is 15.0 Å². The number of aromatic nitrogens is 1. The summed E-state index contributed by atoms with van der Waals surface area (Å²) >= 11 is 7.22. The molecule has 0 saturated carbocycles. The third kappa shape index (κ3) is 4.06. The molecule has 2 aromatic rings. The van der Waals surface area contributed by atoms with Gasteiger partial charge < -0.3 is 10.4 Å². The summed E-state index contributed by atoms with van der Waals surface area (Å²) in [6, 6.07) is 4.60. The van der Waals surface area contributed by atoms with Crippen molar-refractivity contribution in [3.63, 3.8) is 0 Å². The van der Waals surface area contributed by atoms with Crippen LogP contribution in [0.2, 0.25) is 5.02 Å². The second-order valence-corrected chi connectivity index (χ2v) is 7.60. The van der Waals surface area contributed by atoms with Gasteiger partial charge in [0.05, 0.1) is 22.2 Å². The van der Waals surface area contributed by atoms with E-state index in [4.69, 9.17) is 16.7 Å². The summed E-state index contributed by atoms with van der Waals surface area (Å²) in [5, 5.41) is 11.7. The molecule has 1 heterocycles. The van der Waals surface area contributed by atoms with Crippen LogP contribution in [0.3, 0.4) is 0 Å². The van der Waals surface area contributed by atoms with Crippen molar-refractivity contribution in [2.75, 3.05) is 18.5 Å². The van der Waals surface area contributed by atoms with Gasteiger partial charge in [0.15, 0.2) is 5.13 Å². The number of carbonyl (C=O) groups excluding carboxylic acids is 1. The first-order chi connectivity index (χ1) is 10.9. The average molecular weight is 376 g/mol. The Morgan fingerprint density at radius 2 is 2.17 bits per heavy atom. The van der Waals surface area contributed by atoms with Gasteiger partial charge in [-0.1, -0.05) is 29.0 Å². The largest absolute Gasteiger partial charge is 0.395 e. The quantitative estimate of drug-likeness (QED) is 0.637. The fourth-order valence-corrected chi connectivity index (χ4v) is 4.35. The van der Waals surface area contributed by atoms with Gasteiger partial charge in [-0.05, 0) is 24.6 Å². The Hall–Kier alpha value is -1.52. The van der Waals surface area contributed by atoms with E-state index >= 15 is 0 Å². The molecule has 1 amide bonds. The number of anilines is 1. The molecule has 0 aliphatic rings. The summed E-state index contributed by atoms with van der Waals surface area (Å²) in [7, 11) is -3.83. The molecule has 0 bridgehead atoms. The van der Waals surface area contributed by atoms with Gasteiger partial charge in [0.2, 0.25) is 16.4 Å². The van der Waals surface area contributed by atoms with Crippen molar-refractivity contribution in [3.05, 3.63) is 28.9 Å². The lowest BCUT2D eigenvalue weighted by atomic mass is 10.2. The van der Waals surface area contributed by atoms with E-state index < -0.39 is 10.0 Å². The molecule has 7 nitrogen and oxygen atoms in total. The number of aliphatic hydroxyl groups excluding tert-OH is 1. The monoisotopic (exact) mass is 375 g/mol. The molecule has 0 aliphatic carbocycles. The number of nitrogens with one attached hydrogen (secondary N) is 2. The van der Waals surface area contributed by atoms with Gasteiger partial charge in [0, 0.05) is 6.54 Å². The highest BCUT2D eigenvalue weighted by molar-refractivity contribution is 7.89. The van der Waals surface area contributed by atoms with Crippen LogP contribution >= 0.6 is 22.9 Å². The molecule has 1 aromatic carbocycles. The molecule has 3 N–H and O–H groups in total. The first-order valence-corrected chi connectivity index (χ1v) is 9.15. The van der Waals surface area contributed by atoms with E-state index in [-0.39, 0.29) is 23.1 Å². The fourth-order valence-electron chi connectivity index (χ4n) is 1.88. The van der Waals surface area contributed by atoms with Crippen LogP contribution in [0.4, 0.5) is 5.13 Å². The molecule has 10 heteroatoms. The molecule has 0 saturated heterocycles. The highest BCUT2D eigenvalue weighted by Crippen LogP contribution is 2.35. The van der Waals surface area contributed by atoms with Crippen molar-refractivity contribution in [3.8, 4) is 10.4 Å². The molecule has 1 aromatic heterocycles. The lowest BCUT2D eigenvalue weighted by Gasteiger charge is -2.09. The number of aliphatic hydroxyl groups is 1. The second-order valence-electron chi connectivity index (χ2n) is 4.46. The van der Waals surface area contributed by atoms with Gasteiger partial charge in [0.1, 0.15) is 4.90 Å². The molecule has 23 heavy (non-hydrogen) atoms. The van der Waals surface area contributed by atoms with Crippen LogP contribution in [-0.2, 0) is 14.8 Å². The van der Waals surface area contributed by atoms with Gasteiger partial charge in [-0.25, -0.2) is 18.1 Å². The number of sulfonamides is 1. The standard InChI is InChI=1S/C13H14ClN3O4S2/c1-8-12(22-13(17-8)15-7-19)9-2-3-10(14)11(6-9)23(20,21)16-4-5-18/h2-3,6-7,16,18H,4-5H2,1H3,(H,15,17,19). The van der Waals surface area contributed by atoms with Gasteiger partial charge in [-0.3, -0.25) is 4.79 Å². The van der Waals surface area contributed by atoms with Crippen LogP contribution in [0.15, 0.2) is 23.1 Å². The van der Waals surface area contributed by atoms with Crippen molar-refractivity contribution in [1.29, 1.82) is 0 Å². The number of hydrogen-bond acceptors (Lipinski definition) is 6. The van der Waals surface area contributed by atoms with E-state index in [9.17, 15) is 13.2 Å². The number of halogens is 1. The van der Waals surface area contributed by atoms with Crippen LogP contribution < -0.4 is 10.0 Å². The summed E-state index contributed by atoms with van der Waals surface area (Å²) in [6.07, 6.45) is 0.526. The molecule has 2 rings (SSSR count).